The number of benzene rings is 1. The van der Waals surface area contributed by atoms with Crippen molar-refractivity contribution in [3.05, 3.63) is 48.0 Å². The molecule has 0 N–H and O–H groups in total. The third-order valence-corrected chi connectivity index (χ3v) is 5.27. The van der Waals surface area contributed by atoms with Gasteiger partial charge in [0.05, 0.1) is 24.5 Å². The molecule has 28 heavy (non-hydrogen) atoms. The van der Waals surface area contributed by atoms with Crippen molar-refractivity contribution in [2.45, 2.75) is 38.4 Å². The van der Waals surface area contributed by atoms with E-state index in [1.54, 1.807) is 12.2 Å². The van der Waals surface area contributed by atoms with Crippen LogP contribution in [-0.2, 0) is 39.9 Å². The number of nitrogens with zero attached hydrogens (tertiary/aromatic N) is 1. The van der Waals surface area contributed by atoms with E-state index in [4.69, 9.17) is 14.2 Å². The lowest BCUT2D eigenvalue weighted by Gasteiger charge is -2.34. The van der Waals surface area contributed by atoms with Crippen LogP contribution in [0.15, 0.2) is 42.5 Å². The van der Waals surface area contributed by atoms with Crippen LogP contribution in [0.1, 0.15) is 19.4 Å². The first-order valence-corrected chi connectivity index (χ1v) is 8.94. The maximum Gasteiger partial charge on any atom is 0.305 e. The summed E-state index contributed by atoms with van der Waals surface area (Å²) in [7, 11) is 0. The maximum absolute atomic E-state index is 13.2. The largest absolute Gasteiger partial charge is 0.422 e. The molecule has 2 bridgehead atoms. The molecule has 1 aromatic rings. The Morgan fingerprint density at radius 2 is 1.75 bits per heavy atom. The van der Waals surface area contributed by atoms with E-state index in [2.05, 4.69) is 0 Å². The number of ether oxygens (including phenoxy) is 3. The van der Waals surface area contributed by atoms with Gasteiger partial charge >= 0.3 is 11.9 Å². The van der Waals surface area contributed by atoms with E-state index in [-0.39, 0.29) is 12.5 Å². The molecule has 3 heterocycles. The molecule has 2 saturated heterocycles. The van der Waals surface area contributed by atoms with Gasteiger partial charge in [0.2, 0.25) is 11.8 Å². The summed E-state index contributed by atoms with van der Waals surface area (Å²) in [4.78, 5) is 50.5. The number of imide groups is 1. The molecule has 0 aromatic heterocycles. The van der Waals surface area contributed by atoms with Crippen molar-refractivity contribution in [3.63, 3.8) is 0 Å². The van der Waals surface area contributed by atoms with Gasteiger partial charge in [-0.1, -0.05) is 36.4 Å². The Labute approximate surface area is 161 Å². The number of carbonyl (C=O) groups excluding carboxylic acids is 4. The number of amides is 2. The van der Waals surface area contributed by atoms with Crippen LogP contribution in [0, 0.1) is 11.8 Å². The molecule has 0 radical (unpaired) electrons. The van der Waals surface area contributed by atoms with Crippen molar-refractivity contribution >= 4 is 23.8 Å². The Kier molecular flexibility index (Phi) is 4.30. The molecule has 8 nitrogen and oxygen atoms in total. The third-order valence-electron chi connectivity index (χ3n) is 5.27. The molecular weight excluding hydrogens is 366 g/mol. The van der Waals surface area contributed by atoms with Crippen molar-refractivity contribution in [3.8, 4) is 0 Å². The Hall–Kier alpha value is -3.00. The zero-order valence-electron chi connectivity index (χ0n) is 15.4. The van der Waals surface area contributed by atoms with Gasteiger partial charge in [0.15, 0.2) is 5.60 Å². The van der Waals surface area contributed by atoms with Crippen LogP contribution in [0.25, 0.3) is 0 Å². The summed E-state index contributed by atoms with van der Waals surface area (Å²) in [5.74, 6) is -3.84. The fourth-order valence-corrected chi connectivity index (χ4v) is 4.20. The van der Waals surface area contributed by atoms with Crippen LogP contribution >= 0.6 is 0 Å². The Morgan fingerprint density at radius 3 is 2.36 bits per heavy atom. The highest BCUT2D eigenvalue weighted by Crippen LogP contribution is 2.54. The average molecular weight is 385 g/mol. The topological polar surface area (TPSA) is 99.2 Å². The molecule has 0 spiro atoms. The quantitative estimate of drug-likeness (QED) is 0.322. The number of fused-ring (bicyclic) bond motifs is 5. The van der Waals surface area contributed by atoms with E-state index < -0.39 is 47.7 Å². The zero-order valence-corrected chi connectivity index (χ0v) is 15.4. The molecule has 1 aromatic carbocycles. The highest BCUT2D eigenvalue weighted by atomic mass is 16.7. The van der Waals surface area contributed by atoms with Crippen molar-refractivity contribution < 1.29 is 33.4 Å². The SMILES string of the molecule is CC(=O)OC(OC(C)=O)[C@@]12C=C[C@@H](O1)[C@@H]1C(=O)N(Cc3ccccc3)C(=O)[C@@H]12. The summed E-state index contributed by atoms with van der Waals surface area (Å²) in [6, 6.07) is 9.16. The van der Waals surface area contributed by atoms with E-state index in [1.807, 2.05) is 30.3 Å². The number of rotatable bonds is 5. The Bertz CT molecular complexity index is 864. The molecule has 2 amide bonds. The second-order valence-corrected chi connectivity index (χ2v) is 7.10. The van der Waals surface area contributed by atoms with Crippen LogP contribution in [0.3, 0.4) is 0 Å². The Morgan fingerprint density at radius 1 is 1.11 bits per heavy atom. The molecule has 4 atom stereocenters. The van der Waals surface area contributed by atoms with Gasteiger partial charge in [-0.2, -0.15) is 0 Å². The third kappa shape index (κ3) is 2.72. The summed E-state index contributed by atoms with van der Waals surface area (Å²) in [5.41, 5.74) is -0.693. The number of hydrogen-bond donors (Lipinski definition) is 0. The molecule has 8 heteroatoms. The maximum atomic E-state index is 13.2. The van der Waals surface area contributed by atoms with Crippen LogP contribution < -0.4 is 0 Å². The monoisotopic (exact) mass is 385 g/mol. The van der Waals surface area contributed by atoms with E-state index in [0.29, 0.717) is 0 Å². The van der Waals surface area contributed by atoms with Gasteiger partial charge in [-0.3, -0.25) is 24.1 Å². The first-order chi connectivity index (χ1) is 13.3. The number of esters is 2. The van der Waals surface area contributed by atoms with Gasteiger partial charge in [-0.25, -0.2) is 0 Å². The molecular formula is C20H19NO7. The van der Waals surface area contributed by atoms with Crippen LogP contribution in [-0.4, -0.2) is 46.6 Å². The Balaban J connectivity index is 1.67. The first kappa shape index (κ1) is 18.4. The highest BCUT2D eigenvalue weighted by molar-refractivity contribution is 6.07. The summed E-state index contributed by atoms with van der Waals surface area (Å²) < 4.78 is 16.2. The highest BCUT2D eigenvalue weighted by Gasteiger charge is 2.71. The second kappa shape index (κ2) is 6.56. The van der Waals surface area contributed by atoms with E-state index >= 15 is 0 Å². The van der Waals surface area contributed by atoms with Gasteiger partial charge in [-0.15, -0.1) is 0 Å². The van der Waals surface area contributed by atoms with Gasteiger partial charge in [0.1, 0.15) is 0 Å². The minimum Gasteiger partial charge on any atom is -0.422 e. The van der Waals surface area contributed by atoms with Crippen molar-refractivity contribution in [2.75, 3.05) is 0 Å². The lowest BCUT2D eigenvalue weighted by atomic mass is 9.76. The smallest absolute Gasteiger partial charge is 0.305 e. The molecule has 0 aliphatic carbocycles. The predicted molar refractivity (Wildman–Crippen MR) is 93.0 cm³/mol. The lowest BCUT2D eigenvalue weighted by Crippen LogP contribution is -2.52. The van der Waals surface area contributed by atoms with E-state index in [9.17, 15) is 19.2 Å². The number of carbonyl (C=O) groups is 4. The molecule has 0 saturated carbocycles. The lowest BCUT2D eigenvalue weighted by molar-refractivity contribution is -0.227. The zero-order chi connectivity index (χ0) is 20.1. The van der Waals surface area contributed by atoms with Crippen LogP contribution in [0.5, 0.6) is 0 Å². The fourth-order valence-electron chi connectivity index (χ4n) is 4.20. The van der Waals surface area contributed by atoms with E-state index in [0.717, 1.165) is 5.56 Å². The summed E-state index contributed by atoms with van der Waals surface area (Å²) in [6.45, 7) is 2.47. The standard InChI is InChI=1S/C20H19NO7/c1-11(22)26-19(27-12(2)23)20-9-8-14(28-20)15-16(20)18(25)21(17(15)24)10-13-6-4-3-5-7-13/h3-9,14-16,19H,10H2,1-2H3/t14-,15+,16-,20+/m1/s1. The molecule has 146 valence electrons. The van der Waals surface area contributed by atoms with Gasteiger partial charge in [-0.05, 0) is 11.6 Å². The van der Waals surface area contributed by atoms with Crippen molar-refractivity contribution in [2.24, 2.45) is 11.8 Å². The van der Waals surface area contributed by atoms with Gasteiger partial charge in [0, 0.05) is 13.8 Å². The van der Waals surface area contributed by atoms with Crippen molar-refractivity contribution in [1.29, 1.82) is 0 Å². The van der Waals surface area contributed by atoms with Gasteiger partial charge in [0.25, 0.3) is 6.29 Å². The molecule has 3 aliphatic rings. The summed E-state index contributed by atoms with van der Waals surface area (Å²) in [5, 5.41) is 0. The minimum atomic E-state index is -1.51. The normalized spacial score (nSPS) is 30.1. The fraction of sp³-hybridized carbons (Fsp3) is 0.400. The van der Waals surface area contributed by atoms with E-state index in [1.165, 1.54) is 18.7 Å². The van der Waals surface area contributed by atoms with Gasteiger partial charge < -0.3 is 14.2 Å². The second-order valence-electron chi connectivity index (χ2n) is 7.10. The molecule has 4 rings (SSSR count). The van der Waals surface area contributed by atoms with Crippen LogP contribution in [0.4, 0.5) is 0 Å². The average Bonchev–Trinajstić information content (AvgIpc) is 3.29. The molecule has 2 fully saturated rings. The number of hydrogen-bond acceptors (Lipinski definition) is 7. The minimum absolute atomic E-state index is 0.139. The molecule has 0 unspecified atom stereocenters. The summed E-state index contributed by atoms with van der Waals surface area (Å²) >= 11 is 0. The number of likely N-dealkylation sites (tertiary alicyclic amines) is 1. The predicted octanol–water partition coefficient (Wildman–Crippen LogP) is 0.947. The first-order valence-electron chi connectivity index (χ1n) is 8.94. The van der Waals surface area contributed by atoms with Crippen molar-refractivity contribution in [1.82, 2.24) is 4.90 Å². The van der Waals surface area contributed by atoms with Crippen LogP contribution in [0.2, 0.25) is 0 Å². The molecule has 3 aliphatic heterocycles. The summed E-state index contributed by atoms with van der Waals surface area (Å²) in [6.07, 6.45) is 1.12.